The molecule has 0 saturated carbocycles. The van der Waals surface area contributed by atoms with Crippen LogP contribution in [0.15, 0.2) is 0 Å². The summed E-state index contributed by atoms with van der Waals surface area (Å²) in [6.45, 7) is 0. The molecule has 0 bridgehead atoms. The molecule has 22 valence electrons. The standard InChI is InChI=1S/Al.ClHO.Li.4H/c;1-2;;;;;/h;2H;;;;;. The first-order valence-corrected chi connectivity index (χ1v) is 0.507. The molecule has 0 rings (SSSR count). The molecule has 0 aliphatic carbocycles. The Balaban J connectivity index is -0.00000000500. The summed E-state index contributed by atoms with van der Waals surface area (Å²) in [5.74, 6) is 0. The van der Waals surface area contributed by atoms with Gasteiger partial charge in [-0.1, -0.05) is 0 Å². The molecule has 0 aliphatic rings. The summed E-state index contributed by atoms with van der Waals surface area (Å²) < 4.78 is 6.47. The molecule has 0 aromatic rings. The molecule has 0 spiro atoms. The molecule has 1 N–H and O–H groups in total. The van der Waals surface area contributed by atoms with Crippen LogP contribution in [0.25, 0.3) is 0 Å². The van der Waals surface area contributed by atoms with E-state index in [0.29, 0.717) is 0 Å². The van der Waals surface area contributed by atoms with Crippen molar-refractivity contribution >= 4 is 48.1 Å². The average molecular weight is 90.4 g/mol. The fourth-order valence-electron chi connectivity index (χ4n) is 0. The van der Waals surface area contributed by atoms with E-state index in [1.807, 2.05) is 0 Å². The van der Waals surface area contributed by atoms with Gasteiger partial charge in [-0.2, -0.15) is 0 Å². The minimum absolute atomic E-state index is 0. The van der Waals surface area contributed by atoms with Gasteiger partial charge < -0.3 is 0 Å². The predicted octanol–water partition coefficient (Wildman–Crippen LogP) is -1.70. The molecule has 0 aliphatic heterocycles. The van der Waals surface area contributed by atoms with Crippen molar-refractivity contribution in [2.45, 2.75) is 0 Å². The molecule has 0 amide bonds. The molecule has 0 aromatic heterocycles. The van der Waals surface area contributed by atoms with Gasteiger partial charge in [0.25, 0.3) is 0 Å². The fraction of sp³-hybridized carbons (Fsp3) is 0. The topological polar surface area (TPSA) is 20.2 Å². The third-order valence-corrected chi connectivity index (χ3v) is 0. The Morgan fingerprint density at radius 1 is 1.25 bits per heavy atom. The first kappa shape index (κ1) is 18.2. The van der Waals surface area contributed by atoms with Crippen LogP contribution < -0.4 is 0 Å². The fourth-order valence-corrected chi connectivity index (χ4v) is 0. The van der Waals surface area contributed by atoms with Crippen molar-refractivity contribution in [3.05, 3.63) is 0 Å². The van der Waals surface area contributed by atoms with Crippen molar-refractivity contribution in [2.75, 3.05) is 0 Å². The van der Waals surface area contributed by atoms with Crippen molar-refractivity contribution in [3.8, 4) is 0 Å². The summed E-state index contributed by atoms with van der Waals surface area (Å²) in [7, 11) is 0. The molecule has 0 atom stereocenters. The molecule has 4 heteroatoms. The van der Waals surface area contributed by atoms with E-state index in [0.717, 1.165) is 0 Å². The van der Waals surface area contributed by atoms with Crippen LogP contribution in [-0.4, -0.2) is 40.9 Å². The second-order valence-corrected chi connectivity index (χ2v) is 0. The van der Waals surface area contributed by atoms with Crippen LogP contribution in [0.2, 0.25) is 0 Å². The maximum atomic E-state index is 6.47. The summed E-state index contributed by atoms with van der Waals surface area (Å²) in [5.41, 5.74) is 0. The molecule has 0 radical (unpaired) electrons. The second-order valence-electron chi connectivity index (χ2n) is 0. The average Bonchev–Trinajstić information content (AvgIpc) is 1.00. The zero-order valence-electron chi connectivity index (χ0n) is 0.825. The summed E-state index contributed by atoms with van der Waals surface area (Å²) in [5, 5.41) is 0. The third-order valence-electron chi connectivity index (χ3n) is 0. The summed E-state index contributed by atoms with van der Waals surface area (Å²) in [6.07, 6.45) is 0. The summed E-state index contributed by atoms with van der Waals surface area (Å²) in [4.78, 5) is 0. The van der Waals surface area contributed by atoms with Crippen molar-refractivity contribution < 1.29 is 4.66 Å². The van der Waals surface area contributed by atoms with Crippen LogP contribution in [0.1, 0.15) is 0 Å². The van der Waals surface area contributed by atoms with Crippen molar-refractivity contribution in [1.82, 2.24) is 0 Å². The normalized spacial score (nSPS) is 1.50. The molecular weight excluding hydrogens is 85.4 g/mol. The monoisotopic (exact) mass is 90.0 g/mol. The van der Waals surface area contributed by atoms with Crippen LogP contribution >= 0.6 is 11.9 Å². The van der Waals surface area contributed by atoms with Gasteiger partial charge >= 0.3 is 18.9 Å². The van der Waals surface area contributed by atoms with Gasteiger partial charge in [-0.3, -0.25) is 4.66 Å². The zero-order chi connectivity index (χ0) is 2.00. The molecule has 0 fully saturated rings. The first-order chi connectivity index (χ1) is 1.00. The van der Waals surface area contributed by atoms with E-state index in [9.17, 15) is 0 Å². The predicted molar refractivity (Wildman–Crippen MR) is 25.2 cm³/mol. The van der Waals surface area contributed by atoms with E-state index >= 15 is 0 Å². The van der Waals surface area contributed by atoms with Crippen LogP contribution in [0, 0.1) is 0 Å². The summed E-state index contributed by atoms with van der Waals surface area (Å²) >= 11 is 3.64. The van der Waals surface area contributed by atoms with E-state index in [1.165, 1.54) is 0 Å². The van der Waals surface area contributed by atoms with E-state index in [-0.39, 0.29) is 36.2 Å². The van der Waals surface area contributed by atoms with Gasteiger partial charge in [0, 0.05) is 0 Å². The molecule has 0 saturated heterocycles. The van der Waals surface area contributed by atoms with Crippen LogP contribution in [0.4, 0.5) is 0 Å². The Morgan fingerprint density at radius 3 is 1.25 bits per heavy atom. The van der Waals surface area contributed by atoms with Crippen molar-refractivity contribution in [1.29, 1.82) is 0 Å². The Morgan fingerprint density at radius 2 is 1.25 bits per heavy atom. The zero-order valence-corrected chi connectivity index (χ0v) is 1.58. The SMILES string of the molecule is OCl.[AlH3].[LiH]. The Hall–Kier alpha value is 1.38. The van der Waals surface area contributed by atoms with Gasteiger partial charge in [0.1, 0.15) is 0 Å². The van der Waals surface area contributed by atoms with Gasteiger partial charge in [0.2, 0.25) is 0 Å². The number of halogens is 1. The maximum absolute atomic E-state index is 6.47. The molecule has 0 aromatic carbocycles. The van der Waals surface area contributed by atoms with Gasteiger partial charge in [-0.15, -0.1) is 0 Å². The van der Waals surface area contributed by atoms with Gasteiger partial charge in [0.05, 0.1) is 11.9 Å². The quantitative estimate of drug-likeness (QED) is 0.352. The molecule has 0 heterocycles. The van der Waals surface area contributed by atoms with Crippen LogP contribution in [-0.2, 0) is 0 Å². The van der Waals surface area contributed by atoms with Crippen molar-refractivity contribution in [3.63, 3.8) is 0 Å². The Labute approximate surface area is 52.8 Å². The Bertz CT molecular complexity index is 8.00. The minimum atomic E-state index is 0. The molecule has 0 unspecified atom stereocenters. The first-order valence-electron chi connectivity index (χ1n) is 0.169. The number of hydrogen-bond donors (Lipinski definition) is 1. The molecular formula is H5AlClLiO. The van der Waals surface area contributed by atoms with E-state index in [1.54, 1.807) is 0 Å². The van der Waals surface area contributed by atoms with E-state index < -0.39 is 0 Å². The molecule has 1 nitrogen and oxygen atoms in total. The van der Waals surface area contributed by atoms with Crippen molar-refractivity contribution in [2.24, 2.45) is 0 Å². The van der Waals surface area contributed by atoms with E-state index in [4.69, 9.17) is 4.66 Å². The van der Waals surface area contributed by atoms with Gasteiger partial charge in [0.15, 0.2) is 17.4 Å². The van der Waals surface area contributed by atoms with Crippen LogP contribution in [0.5, 0.6) is 0 Å². The third kappa shape index (κ3) is 10.1. The number of rotatable bonds is 0. The van der Waals surface area contributed by atoms with Gasteiger partial charge in [-0.25, -0.2) is 0 Å². The summed E-state index contributed by atoms with van der Waals surface area (Å²) in [6, 6.07) is 0. The Kier molecular flexibility index (Phi) is 120. The van der Waals surface area contributed by atoms with Crippen LogP contribution in [0.3, 0.4) is 0 Å². The second kappa shape index (κ2) is 26.3. The van der Waals surface area contributed by atoms with E-state index in [2.05, 4.69) is 11.9 Å². The van der Waals surface area contributed by atoms with Gasteiger partial charge in [-0.05, 0) is 0 Å². The number of hydrogen-bond acceptors (Lipinski definition) is 1. The molecule has 4 heavy (non-hydrogen) atoms.